The summed E-state index contributed by atoms with van der Waals surface area (Å²) in [4.78, 5) is 36.7. The van der Waals surface area contributed by atoms with Gasteiger partial charge < -0.3 is 43.6 Å². The number of carbonyl (C=O) groups excluding carboxylic acids is 2. The van der Waals surface area contributed by atoms with E-state index >= 15 is 4.79 Å². The second-order valence-corrected chi connectivity index (χ2v) is 18.4. The average Bonchev–Trinajstić information content (AvgIpc) is 3.78. The highest BCUT2D eigenvalue weighted by Crippen LogP contribution is 2.65. The minimum atomic E-state index is -1.40. The Kier molecular flexibility index (Phi) is 8.68. The zero-order valence-corrected chi connectivity index (χ0v) is 34.6. The predicted molar refractivity (Wildman–Crippen MR) is 214 cm³/mol. The van der Waals surface area contributed by atoms with Crippen molar-refractivity contribution in [3.63, 3.8) is 0 Å². The molecule has 1 aliphatic carbocycles. The molecule has 4 fully saturated rings. The van der Waals surface area contributed by atoms with Crippen LogP contribution in [0, 0.1) is 18.8 Å². The van der Waals surface area contributed by atoms with E-state index in [1.54, 1.807) is 26.0 Å². The molecule has 4 N–H and O–H groups in total. The summed E-state index contributed by atoms with van der Waals surface area (Å²) in [6.07, 6.45) is 3.45. The highest BCUT2D eigenvalue weighted by atomic mass is 32.2. The molecule has 4 bridgehead atoms. The first-order chi connectivity index (χ1) is 27.8. The van der Waals surface area contributed by atoms with E-state index < -0.39 is 40.4 Å². The number of benzene rings is 2. The fourth-order valence-electron chi connectivity index (χ4n) is 11.9. The second-order valence-electron chi connectivity index (χ2n) is 17.3. The lowest BCUT2D eigenvalue weighted by Gasteiger charge is -2.62. The number of rotatable bonds is 4. The number of methoxy groups -OCH3 is 2. The third kappa shape index (κ3) is 5.12. The number of thioether (sulfide) groups is 1. The molecule has 0 saturated carbocycles. The first kappa shape index (κ1) is 37.8. The van der Waals surface area contributed by atoms with Crippen molar-refractivity contribution in [2.45, 2.75) is 81.0 Å². The number of carbonyl (C=O) groups is 2. The van der Waals surface area contributed by atoms with Crippen LogP contribution in [0.1, 0.15) is 66.4 Å². The Morgan fingerprint density at radius 2 is 1.90 bits per heavy atom. The molecule has 15 heteroatoms. The van der Waals surface area contributed by atoms with Gasteiger partial charge in [-0.1, -0.05) is 6.08 Å². The van der Waals surface area contributed by atoms with Gasteiger partial charge in [-0.2, -0.15) is 0 Å². The molecular weight excluding hydrogens is 765 g/mol. The number of aromatic nitrogens is 1. The van der Waals surface area contributed by atoms with Crippen molar-refractivity contribution in [3.05, 3.63) is 69.3 Å². The SMILES string of the molecule is COC1=C(O)C2C(C=C1C)CC1(C)CN(C)C2[C@@H]2[C@@H]3SC[C@]4(N[C@@H](CO)Cc5c4[nH]c4ccc(OC)cc54)C(=O)OC[C@@H](c4c5c(c(C)c(OC(C)=O)c43)OCO5)N21. The number of fused-ring (bicyclic) bond motifs is 8. The van der Waals surface area contributed by atoms with Gasteiger partial charge in [-0.15, -0.1) is 11.8 Å². The summed E-state index contributed by atoms with van der Waals surface area (Å²) in [6, 6.07) is 4.26. The van der Waals surface area contributed by atoms with Crippen LogP contribution in [0.25, 0.3) is 10.9 Å². The highest BCUT2D eigenvalue weighted by Gasteiger charge is 2.65. The lowest BCUT2D eigenvalue weighted by molar-refractivity contribution is -0.160. The number of nitrogens with zero attached hydrogens (tertiary/aromatic N) is 2. The number of aliphatic hydroxyl groups excluding tert-OH is 2. The monoisotopic (exact) mass is 814 g/mol. The van der Waals surface area contributed by atoms with Gasteiger partial charge in [-0.25, -0.2) is 4.79 Å². The normalized spacial score (nSPS) is 34.8. The zero-order chi connectivity index (χ0) is 40.6. The van der Waals surface area contributed by atoms with Gasteiger partial charge in [0.2, 0.25) is 6.79 Å². The third-order valence-electron chi connectivity index (χ3n) is 13.9. The summed E-state index contributed by atoms with van der Waals surface area (Å²) in [5, 5.41) is 27.1. The van der Waals surface area contributed by atoms with Gasteiger partial charge in [0.1, 0.15) is 23.9 Å². The number of aliphatic hydroxyl groups is 2. The van der Waals surface area contributed by atoms with E-state index in [2.05, 4.69) is 40.1 Å². The van der Waals surface area contributed by atoms with Gasteiger partial charge in [0, 0.05) is 76.4 Å². The van der Waals surface area contributed by atoms with Crippen molar-refractivity contribution in [3.8, 4) is 23.0 Å². The van der Waals surface area contributed by atoms with Crippen LogP contribution in [-0.2, 0) is 31.0 Å². The molecule has 1 spiro atoms. The van der Waals surface area contributed by atoms with Gasteiger partial charge in [0.25, 0.3) is 0 Å². The second kappa shape index (κ2) is 13.3. The summed E-state index contributed by atoms with van der Waals surface area (Å²) in [7, 11) is 5.35. The van der Waals surface area contributed by atoms with Gasteiger partial charge in [-0.3, -0.25) is 19.9 Å². The van der Waals surface area contributed by atoms with Crippen molar-refractivity contribution in [1.29, 1.82) is 0 Å². The van der Waals surface area contributed by atoms with E-state index in [0.29, 0.717) is 53.0 Å². The number of H-pyrrole nitrogens is 1. The Labute approximate surface area is 340 Å². The molecule has 1 aromatic heterocycles. The summed E-state index contributed by atoms with van der Waals surface area (Å²) in [5.74, 6) is 1.84. The maximum absolute atomic E-state index is 15.2. The molecule has 0 amide bonds. The molecule has 4 saturated heterocycles. The Hall–Kier alpha value is -4.41. The molecule has 2 aromatic carbocycles. The Balaban J connectivity index is 1.23. The molecular formula is C43H50N4O10S. The van der Waals surface area contributed by atoms with Crippen LogP contribution in [0.5, 0.6) is 23.0 Å². The van der Waals surface area contributed by atoms with E-state index in [0.717, 1.165) is 39.6 Å². The van der Waals surface area contributed by atoms with E-state index in [-0.39, 0.29) is 55.4 Å². The molecule has 9 aliphatic rings. The summed E-state index contributed by atoms with van der Waals surface area (Å²) >= 11 is 1.59. The number of hydrogen-bond donors (Lipinski definition) is 4. The Bertz CT molecular complexity index is 2340. The maximum Gasteiger partial charge on any atom is 0.333 e. The van der Waals surface area contributed by atoms with Gasteiger partial charge in [0.15, 0.2) is 22.8 Å². The number of allylic oxidation sites excluding steroid dienone is 2. The number of piperazine rings is 1. The highest BCUT2D eigenvalue weighted by molar-refractivity contribution is 7.99. The van der Waals surface area contributed by atoms with E-state index in [1.165, 1.54) is 6.92 Å². The minimum Gasteiger partial charge on any atom is -0.508 e. The fraction of sp³-hybridized carbons (Fsp3) is 0.535. The van der Waals surface area contributed by atoms with Crippen molar-refractivity contribution >= 4 is 34.6 Å². The van der Waals surface area contributed by atoms with Crippen LogP contribution in [-0.4, -0.2) is 114 Å². The molecule has 9 heterocycles. The van der Waals surface area contributed by atoms with E-state index in [4.69, 9.17) is 28.4 Å². The van der Waals surface area contributed by atoms with Crippen molar-refractivity contribution in [1.82, 2.24) is 20.1 Å². The van der Waals surface area contributed by atoms with Gasteiger partial charge in [-0.05, 0) is 75.9 Å². The molecule has 5 unspecified atom stereocenters. The Morgan fingerprint density at radius 3 is 2.64 bits per heavy atom. The minimum absolute atomic E-state index is 0.00127. The van der Waals surface area contributed by atoms with Crippen LogP contribution in [0.3, 0.4) is 0 Å². The number of likely N-dealkylation sites (N-methyl/N-ethyl adjacent to an activating group) is 1. The van der Waals surface area contributed by atoms with Gasteiger partial charge in [0.05, 0.1) is 37.8 Å². The Morgan fingerprint density at radius 1 is 1.10 bits per heavy atom. The summed E-state index contributed by atoms with van der Waals surface area (Å²) < 4.78 is 36.8. The first-order valence-electron chi connectivity index (χ1n) is 20.0. The van der Waals surface area contributed by atoms with Gasteiger partial charge >= 0.3 is 11.9 Å². The lowest BCUT2D eigenvalue weighted by atomic mass is 9.73. The molecule has 10 atom stereocenters. The fourth-order valence-corrected chi connectivity index (χ4v) is 13.6. The van der Waals surface area contributed by atoms with Crippen LogP contribution < -0.4 is 24.3 Å². The molecule has 0 radical (unpaired) electrons. The summed E-state index contributed by atoms with van der Waals surface area (Å²) in [6.45, 7) is 7.99. The molecule has 58 heavy (non-hydrogen) atoms. The first-order valence-corrected chi connectivity index (χ1v) is 21.0. The van der Waals surface area contributed by atoms with Crippen molar-refractivity contribution in [2.75, 3.05) is 53.6 Å². The standard InChI is InChI=1S/C43H50N4O10S/c1-19-10-22-13-42(4)16-46(5)32(29(22)34(50)35(19)53-7)33-39-31-30(38-37(55-18-56-38)20(2)36(31)57-21(3)49)28(47(33)42)15-54-41(51)43(17-58-39)40-26(11-23(14-48)45-43)25-12-24(52-6)8-9-27(25)44-40/h8-10,12,22-23,28-29,32-33,39,44-45,48,50H,11,13-18H2,1-7H3/t22?,23-,28+,29?,32?,33-,39-,42?,43-/m1/s1. The molecule has 308 valence electrons. The predicted octanol–water partition coefficient (Wildman–Crippen LogP) is 4.68. The number of esters is 2. The zero-order valence-electron chi connectivity index (χ0n) is 33.8. The molecule has 3 aromatic rings. The van der Waals surface area contributed by atoms with E-state index in [9.17, 15) is 15.0 Å². The molecule has 12 rings (SSSR count). The van der Waals surface area contributed by atoms with E-state index in [1.807, 2.05) is 32.0 Å². The van der Waals surface area contributed by atoms with Crippen molar-refractivity contribution in [2.24, 2.45) is 11.8 Å². The summed E-state index contributed by atoms with van der Waals surface area (Å²) in [5.41, 5.74) is 3.73. The topological polar surface area (TPSA) is 164 Å². The van der Waals surface area contributed by atoms with Crippen LogP contribution >= 0.6 is 11.8 Å². The number of nitrogens with one attached hydrogen (secondary N) is 2. The smallest absolute Gasteiger partial charge is 0.333 e. The van der Waals surface area contributed by atoms with Crippen molar-refractivity contribution < 1.29 is 48.2 Å². The number of aromatic amines is 1. The third-order valence-corrected chi connectivity index (χ3v) is 15.4. The van der Waals surface area contributed by atoms with Crippen LogP contribution in [0.15, 0.2) is 41.4 Å². The maximum atomic E-state index is 15.2. The van der Waals surface area contributed by atoms with Crippen LogP contribution in [0.2, 0.25) is 0 Å². The number of hydrogen-bond acceptors (Lipinski definition) is 14. The average molecular weight is 815 g/mol. The largest absolute Gasteiger partial charge is 0.508 e. The molecule has 14 nitrogen and oxygen atoms in total. The number of ether oxygens (including phenoxy) is 6. The lowest BCUT2D eigenvalue weighted by Crippen LogP contribution is -2.71. The van der Waals surface area contributed by atoms with Crippen LogP contribution in [0.4, 0.5) is 0 Å². The molecule has 8 aliphatic heterocycles. The quantitative estimate of drug-likeness (QED) is 0.212.